The molecule has 1 N–H and O–H groups in total. The summed E-state index contributed by atoms with van der Waals surface area (Å²) in [4.78, 5) is 5.73. The van der Waals surface area contributed by atoms with E-state index in [1.165, 1.54) is 5.69 Å². The van der Waals surface area contributed by atoms with E-state index < -0.39 is 0 Å². The second-order valence-electron chi connectivity index (χ2n) is 4.30. The van der Waals surface area contributed by atoms with Gasteiger partial charge in [-0.2, -0.15) is 5.10 Å². The molecule has 3 rings (SSSR count). The van der Waals surface area contributed by atoms with E-state index in [9.17, 15) is 0 Å². The highest BCUT2D eigenvalue weighted by molar-refractivity contribution is 7.99. The minimum atomic E-state index is 0.803. The predicted octanol–water partition coefficient (Wildman–Crippen LogP) is 2.31. The number of nitrogens with zero attached hydrogens (tertiary/aromatic N) is 4. The summed E-state index contributed by atoms with van der Waals surface area (Å²) >= 11 is 3.32. The van der Waals surface area contributed by atoms with Gasteiger partial charge in [-0.1, -0.05) is 0 Å². The molecule has 0 radical (unpaired) electrons. The Morgan fingerprint density at radius 1 is 1.47 bits per heavy atom. The van der Waals surface area contributed by atoms with Gasteiger partial charge in [0.1, 0.15) is 10.1 Å². The summed E-state index contributed by atoms with van der Waals surface area (Å²) in [6, 6.07) is 2.08. The van der Waals surface area contributed by atoms with Crippen molar-refractivity contribution >= 4 is 28.1 Å². The molecule has 0 fully saturated rings. The maximum Gasteiger partial charge on any atom is 0.194 e. The number of hydrogen-bond donors (Lipinski definition) is 1. The Hall–Kier alpha value is -1.31. The highest BCUT2D eigenvalue weighted by Gasteiger charge is 2.15. The van der Waals surface area contributed by atoms with Crippen LogP contribution in [0.2, 0.25) is 0 Å². The summed E-state index contributed by atoms with van der Waals surface area (Å²) in [5.74, 6) is 0. The summed E-state index contributed by atoms with van der Waals surface area (Å²) in [5, 5.41) is 11.8. The van der Waals surface area contributed by atoms with Crippen LogP contribution in [0.1, 0.15) is 11.4 Å². The predicted molar refractivity (Wildman–Crippen MR) is 77.9 cm³/mol. The summed E-state index contributed by atoms with van der Waals surface area (Å²) < 4.78 is 4.04. The van der Waals surface area contributed by atoms with Gasteiger partial charge in [-0.15, -0.1) is 11.3 Å². The molecule has 0 atom stereocenters. The molecule has 0 aliphatic heterocycles. The lowest BCUT2D eigenvalue weighted by molar-refractivity contribution is 0.691. The standard InChI is InChI=1S/C12H15N5S2/c1-8-6-10(16(3)15-8)19-11-9(7-13-2)17-4-5-18-12(17)14-11/h4-6,13H,7H2,1-3H3. The first kappa shape index (κ1) is 12.7. The second-order valence-corrected chi connectivity index (χ2v) is 6.18. The first-order valence-corrected chi connectivity index (χ1v) is 7.66. The number of imidazole rings is 1. The third kappa shape index (κ3) is 2.29. The Morgan fingerprint density at radius 3 is 3.00 bits per heavy atom. The Bertz CT molecular complexity index is 709. The topological polar surface area (TPSA) is 47.2 Å². The molecule has 3 aromatic heterocycles. The van der Waals surface area contributed by atoms with E-state index in [0.717, 1.165) is 27.3 Å². The zero-order valence-electron chi connectivity index (χ0n) is 11.0. The first-order valence-electron chi connectivity index (χ1n) is 5.96. The molecule has 3 heterocycles. The zero-order chi connectivity index (χ0) is 13.4. The van der Waals surface area contributed by atoms with Gasteiger partial charge >= 0.3 is 0 Å². The number of nitrogens with one attached hydrogen (secondary N) is 1. The van der Waals surface area contributed by atoms with Crippen LogP contribution in [-0.4, -0.2) is 26.2 Å². The molecule has 0 aromatic carbocycles. The number of rotatable bonds is 4. The summed E-state index contributed by atoms with van der Waals surface area (Å²) in [6.45, 7) is 2.81. The van der Waals surface area contributed by atoms with Gasteiger partial charge in [0.25, 0.3) is 0 Å². The summed E-state index contributed by atoms with van der Waals surface area (Å²) in [6.07, 6.45) is 2.07. The smallest absolute Gasteiger partial charge is 0.194 e. The molecule has 0 spiro atoms. The molecule has 3 aromatic rings. The Morgan fingerprint density at radius 2 is 2.32 bits per heavy atom. The van der Waals surface area contributed by atoms with Gasteiger partial charge in [-0.25, -0.2) is 4.98 Å². The van der Waals surface area contributed by atoms with Crippen LogP contribution in [0.25, 0.3) is 4.96 Å². The summed E-state index contributed by atoms with van der Waals surface area (Å²) in [5.41, 5.74) is 2.23. The second kappa shape index (κ2) is 4.99. The number of hydrogen-bond acceptors (Lipinski definition) is 5. The molecule has 0 bridgehead atoms. The molecule has 0 saturated carbocycles. The van der Waals surface area contributed by atoms with E-state index in [4.69, 9.17) is 4.98 Å². The zero-order valence-corrected chi connectivity index (χ0v) is 12.7. The van der Waals surface area contributed by atoms with Crippen LogP contribution < -0.4 is 5.32 Å². The fraction of sp³-hybridized carbons (Fsp3) is 0.333. The number of aromatic nitrogens is 4. The molecule has 0 saturated heterocycles. The van der Waals surface area contributed by atoms with Crippen molar-refractivity contribution in [2.45, 2.75) is 23.5 Å². The van der Waals surface area contributed by atoms with Crippen LogP contribution in [-0.2, 0) is 13.6 Å². The molecule has 5 nitrogen and oxygen atoms in total. The molecule has 0 aliphatic rings. The van der Waals surface area contributed by atoms with Gasteiger partial charge in [-0.05, 0) is 31.8 Å². The minimum Gasteiger partial charge on any atom is -0.314 e. The van der Waals surface area contributed by atoms with Crippen LogP contribution >= 0.6 is 23.1 Å². The van der Waals surface area contributed by atoms with Crippen molar-refractivity contribution in [3.63, 3.8) is 0 Å². The molecule has 0 aliphatic carbocycles. The quantitative estimate of drug-likeness (QED) is 0.802. The van der Waals surface area contributed by atoms with Crippen LogP contribution in [0.3, 0.4) is 0 Å². The van der Waals surface area contributed by atoms with Gasteiger partial charge in [0.15, 0.2) is 4.96 Å². The highest BCUT2D eigenvalue weighted by Crippen LogP contribution is 2.31. The Labute approximate surface area is 119 Å². The number of aryl methyl sites for hydroxylation is 2. The monoisotopic (exact) mass is 293 g/mol. The van der Waals surface area contributed by atoms with Crippen molar-refractivity contribution in [1.82, 2.24) is 24.5 Å². The first-order chi connectivity index (χ1) is 9.19. The fourth-order valence-corrected chi connectivity index (χ4v) is 3.82. The van der Waals surface area contributed by atoms with E-state index in [1.54, 1.807) is 23.1 Å². The van der Waals surface area contributed by atoms with Crippen molar-refractivity contribution in [3.8, 4) is 0 Å². The molecule has 19 heavy (non-hydrogen) atoms. The van der Waals surface area contributed by atoms with Gasteiger partial charge in [0, 0.05) is 25.2 Å². The Balaban J connectivity index is 2.01. The lowest BCUT2D eigenvalue weighted by Gasteiger charge is -2.03. The van der Waals surface area contributed by atoms with Crippen LogP contribution in [0.15, 0.2) is 27.7 Å². The van der Waals surface area contributed by atoms with Gasteiger partial charge < -0.3 is 5.32 Å². The normalized spacial score (nSPS) is 11.5. The van der Waals surface area contributed by atoms with Crippen molar-refractivity contribution in [2.24, 2.45) is 7.05 Å². The van der Waals surface area contributed by atoms with E-state index in [0.29, 0.717) is 0 Å². The Kier molecular flexibility index (Phi) is 3.34. The average molecular weight is 293 g/mol. The highest BCUT2D eigenvalue weighted by atomic mass is 32.2. The van der Waals surface area contributed by atoms with Crippen molar-refractivity contribution in [3.05, 3.63) is 29.0 Å². The van der Waals surface area contributed by atoms with E-state index in [-0.39, 0.29) is 0 Å². The third-order valence-corrected chi connectivity index (χ3v) is 4.70. The van der Waals surface area contributed by atoms with Crippen LogP contribution in [0.5, 0.6) is 0 Å². The van der Waals surface area contributed by atoms with Crippen molar-refractivity contribution in [1.29, 1.82) is 0 Å². The third-order valence-electron chi connectivity index (χ3n) is 2.83. The average Bonchev–Trinajstić information content (AvgIpc) is 2.99. The molecule has 0 amide bonds. The van der Waals surface area contributed by atoms with Crippen LogP contribution in [0, 0.1) is 6.92 Å². The number of fused-ring (bicyclic) bond motifs is 1. The van der Waals surface area contributed by atoms with Gasteiger partial charge in [-0.3, -0.25) is 9.08 Å². The van der Waals surface area contributed by atoms with Gasteiger partial charge in [0.2, 0.25) is 0 Å². The maximum atomic E-state index is 4.70. The van der Waals surface area contributed by atoms with E-state index >= 15 is 0 Å². The van der Waals surface area contributed by atoms with Crippen LogP contribution in [0.4, 0.5) is 0 Å². The molecule has 7 heteroatoms. The van der Waals surface area contributed by atoms with Gasteiger partial charge in [0.05, 0.1) is 11.4 Å². The lowest BCUT2D eigenvalue weighted by Crippen LogP contribution is -2.08. The lowest BCUT2D eigenvalue weighted by atomic mass is 10.5. The number of thiazole rings is 1. The fourth-order valence-electron chi connectivity index (χ4n) is 2.00. The summed E-state index contributed by atoms with van der Waals surface area (Å²) in [7, 11) is 3.92. The van der Waals surface area contributed by atoms with E-state index in [2.05, 4.69) is 32.5 Å². The van der Waals surface area contributed by atoms with Crippen molar-refractivity contribution < 1.29 is 0 Å². The maximum absolute atomic E-state index is 4.70. The van der Waals surface area contributed by atoms with E-state index in [1.807, 2.05) is 25.7 Å². The minimum absolute atomic E-state index is 0.803. The molecular weight excluding hydrogens is 278 g/mol. The SMILES string of the molecule is CNCc1c(Sc2cc(C)nn2C)nc2sccn12. The molecule has 100 valence electrons. The largest absolute Gasteiger partial charge is 0.314 e. The molecule has 0 unspecified atom stereocenters. The molecular formula is C12H15N5S2. The van der Waals surface area contributed by atoms with Crippen molar-refractivity contribution in [2.75, 3.05) is 7.05 Å².